The van der Waals surface area contributed by atoms with Gasteiger partial charge in [0.1, 0.15) is 6.61 Å². The first-order valence-corrected chi connectivity index (χ1v) is 6.36. The minimum Gasteiger partial charge on any atom is -0.493 e. The number of allylic oxidation sites excluding steroid dienone is 4. The Morgan fingerprint density at radius 1 is 1.18 bits per heavy atom. The predicted octanol–water partition coefficient (Wildman–Crippen LogP) is 4.46. The highest BCUT2D eigenvalue weighted by Gasteiger charge is 2.15. The summed E-state index contributed by atoms with van der Waals surface area (Å²) < 4.78 is 5.89. The fourth-order valence-corrected chi connectivity index (χ4v) is 2.12. The topological polar surface area (TPSA) is 9.23 Å². The van der Waals surface area contributed by atoms with E-state index in [1.165, 1.54) is 11.1 Å². The standard InChI is InChI=1S/C16H20O/c1-3-14-9-10-16(13(2)11-14)17-12-15-7-5-4-6-8-15/h4-10,13H,3,11-12H2,1-2H3. The van der Waals surface area contributed by atoms with E-state index in [4.69, 9.17) is 4.74 Å². The lowest BCUT2D eigenvalue weighted by Crippen LogP contribution is -2.08. The second-order valence-corrected chi connectivity index (χ2v) is 4.63. The third-order valence-electron chi connectivity index (χ3n) is 3.24. The van der Waals surface area contributed by atoms with E-state index in [0.717, 1.165) is 18.6 Å². The Hall–Kier alpha value is -1.50. The van der Waals surface area contributed by atoms with Crippen LogP contribution in [0.1, 0.15) is 32.3 Å². The molecule has 0 fully saturated rings. The van der Waals surface area contributed by atoms with Gasteiger partial charge in [-0.25, -0.2) is 0 Å². The fourth-order valence-electron chi connectivity index (χ4n) is 2.12. The monoisotopic (exact) mass is 228 g/mol. The number of hydrogen-bond donors (Lipinski definition) is 0. The Balaban J connectivity index is 1.96. The summed E-state index contributed by atoms with van der Waals surface area (Å²) in [6.07, 6.45) is 6.63. The Labute approximate surface area is 104 Å². The van der Waals surface area contributed by atoms with Gasteiger partial charge in [0.25, 0.3) is 0 Å². The van der Waals surface area contributed by atoms with Crippen LogP contribution in [0.15, 0.2) is 53.8 Å². The highest BCUT2D eigenvalue weighted by Crippen LogP contribution is 2.27. The van der Waals surface area contributed by atoms with Gasteiger partial charge in [0.2, 0.25) is 0 Å². The molecule has 1 unspecified atom stereocenters. The van der Waals surface area contributed by atoms with Crippen molar-refractivity contribution in [3.63, 3.8) is 0 Å². The van der Waals surface area contributed by atoms with Gasteiger partial charge in [-0.3, -0.25) is 0 Å². The summed E-state index contributed by atoms with van der Waals surface area (Å²) in [7, 11) is 0. The van der Waals surface area contributed by atoms with E-state index >= 15 is 0 Å². The Bertz CT molecular complexity index is 414. The minimum atomic E-state index is 0.513. The van der Waals surface area contributed by atoms with Gasteiger partial charge in [-0.1, -0.05) is 55.8 Å². The first-order valence-electron chi connectivity index (χ1n) is 6.36. The van der Waals surface area contributed by atoms with E-state index in [9.17, 15) is 0 Å². The van der Waals surface area contributed by atoms with Gasteiger partial charge in [-0.15, -0.1) is 0 Å². The molecule has 0 saturated carbocycles. The van der Waals surface area contributed by atoms with E-state index in [-0.39, 0.29) is 0 Å². The van der Waals surface area contributed by atoms with Crippen molar-refractivity contribution < 1.29 is 4.74 Å². The first kappa shape index (κ1) is 12.0. The van der Waals surface area contributed by atoms with Crippen molar-refractivity contribution in [1.82, 2.24) is 0 Å². The smallest absolute Gasteiger partial charge is 0.113 e. The fraction of sp³-hybridized carbons (Fsp3) is 0.375. The Morgan fingerprint density at radius 3 is 2.59 bits per heavy atom. The van der Waals surface area contributed by atoms with Gasteiger partial charge in [0.15, 0.2) is 0 Å². The molecule has 0 aromatic heterocycles. The average molecular weight is 228 g/mol. The largest absolute Gasteiger partial charge is 0.493 e. The van der Waals surface area contributed by atoms with Crippen LogP contribution in [0.25, 0.3) is 0 Å². The van der Waals surface area contributed by atoms with Crippen LogP contribution in [-0.4, -0.2) is 0 Å². The predicted molar refractivity (Wildman–Crippen MR) is 71.5 cm³/mol. The zero-order valence-electron chi connectivity index (χ0n) is 10.6. The Morgan fingerprint density at radius 2 is 1.94 bits per heavy atom. The molecule has 0 N–H and O–H groups in total. The van der Waals surface area contributed by atoms with Crippen molar-refractivity contribution in [3.05, 3.63) is 59.4 Å². The summed E-state index contributed by atoms with van der Waals surface area (Å²) in [4.78, 5) is 0. The molecule has 1 aromatic carbocycles. The van der Waals surface area contributed by atoms with Crippen molar-refractivity contribution in [2.75, 3.05) is 0 Å². The molecule has 0 spiro atoms. The lowest BCUT2D eigenvalue weighted by molar-refractivity contribution is 0.166. The number of rotatable bonds is 4. The molecule has 1 aromatic rings. The molecule has 0 radical (unpaired) electrons. The van der Waals surface area contributed by atoms with Crippen molar-refractivity contribution in [3.8, 4) is 0 Å². The molecule has 0 amide bonds. The molecule has 0 heterocycles. The molecule has 1 atom stereocenters. The SMILES string of the molecule is CCC1=CC=C(OCc2ccccc2)C(C)C1. The lowest BCUT2D eigenvalue weighted by atomic mass is 9.93. The number of hydrogen-bond acceptors (Lipinski definition) is 1. The van der Waals surface area contributed by atoms with Gasteiger partial charge >= 0.3 is 0 Å². The summed E-state index contributed by atoms with van der Waals surface area (Å²) in [5, 5.41) is 0. The number of benzene rings is 1. The van der Waals surface area contributed by atoms with Crippen molar-refractivity contribution >= 4 is 0 Å². The van der Waals surface area contributed by atoms with E-state index in [2.05, 4.69) is 38.1 Å². The summed E-state index contributed by atoms with van der Waals surface area (Å²) in [5.41, 5.74) is 2.75. The molecular formula is C16H20O. The molecule has 2 rings (SSSR count). The molecule has 90 valence electrons. The quantitative estimate of drug-likeness (QED) is 0.739. The van der Waals surface area contributed by atoms with Gasteiger partial charge in [0.05, 0.1) is 5.76 Å². The van der Waals surface area contributed by atoms with Crippen molar-refractivity contribution in [2.24, 2.45) is 5.92 Å². The molecular weight excluding hydrogens is 208 g/mol. The molecule has 0 bridgehead atoms. The molecule has 0 aliphatic heterocycles. The van der Waals surface area contributed by atoms with Crippen LogP contribution in [0.5, 0.6) is 0 Å². The van der Waals surface area contributed by atoms with Gasteiger partial charge < -0.3 is 4.74 Å². The van der Waals surface area contributed by atoms with E-state index < -0.39 is 0 Å². The highest BCUT2D eigenvalue weighted by molar-refractivity contribution is 5.23. The molecule has 1 aliphatic carbocycles. The zero-order valence-corrected chi connectivity index (χ0v) is 10.6. The van der Waals surface area contributed by atoms with Crippen LogP contribution in [0.3, 0.4) is 0 Å². The summed E-state index contributed by atoms with van der Waals surface area (Å²) >= 11 is 0. The first-order chi connectivity index (χ1) is 8.29. The second-order valence-electron chi connectivity index (χ2n) is 4.63. The third kappa shape index (κ3) is 3.23. The minimum absolute atomic E-state index is 0.513. The van der Waals surface area contributed by atoms with Crippen LogP contribution in [-0.2, 0) is 11.3 Å². The Kier molecular flexibility index (Phi) is 4.03. The van der Waals surface area contributed by atoms with Crippen LogP contribution < -0.4 is 0 Å². The average Bonchev–Trinajstić information content (AvgIpc) is 2.38. The maximum atomic E-state index is 5.89. The van der Waals surface area contributed by atoms with Gasteiger partial charge in [-0.05, 0) is 24.5 Å². The molecule has 1 heteroatoms. The van der Waals surface area contributed by atoms with Crippen LogP contribution >= 0.6 is 0 Å². The molecule has 1 nitrogen and oxygen atoms in total. The molecule has 0 saturated heterocycles. The second kappa shape index (κ2) is 5.72. The third-order valence-corrected chi connectivity index (χ3v) is 3.24. The summed E-state index contributed by atoms with van der Waals surface area (Å²) in [5.74, 6) is 1.63. The van der Waals surface area contributed by atoms with Crippen LogP contribution in [0.4, 0.5) is 0 Å². The van der Waals surface area contributed by atoms with E-state index in [1.807, 2.05) is 18.2 Å². The van der Waals surface area contributed by atoms with Gasteiger partial charge in [0, 0.05) is 5.92 Å². The molecule has 1 aliphatic rings. The maximum absolute atomic E-state index is 5.89. The lowest BCUT2D eigenvalue weighted by Gasteiger charge is -2.21. The van der Waals surface area contributed by atoms with E-state index in [1.54, 1.807) is 0 Å². The van der Waals surface area contributed by atoms with Crippen LogP contribution in [0.2, 0.25) is 0 Å². The number of ether oxygens (including phenoxy) is 1. The summed E-state index contributed by atoms with van der Waals surface area (Å²) in [6.45, 7) is 5.12. The zero-order chi connectivity index (χ0) is 12.1. The maximum Gasteiger partial charge on any atom is 0.113 e. The highest BCUT2D eigenvalue weighted by atomic mass is 16.5. The molecule has 17 heavy (non-hydrogen) atoms. The normalized spacial score (nSPS) is 19.5. The van der Waals surface area contributed by atoms with Crippen LogP contribution in [0, 0.1) is 5.92 Å². The van der Waals surface area contributed by atoms with Gasteiger partial charge in [-0.2, -0.15) is 0 Å². The van der Waals surface area contributed by atoms with Crippen molar-refractivity contribution in [2.45, 2.75) is 33.3 Å². The summed E-state index contributed by atoms with van der Waals surface area (Å²) in [6, 6.07) is 10.3. The van der Waals surface area contributed by atoms with Crippen molar-refractivity contribution in [1.29, 1.82) is 0 Å². The van der Waals surface area contributed by atoms with E-state index in [0.29, 0.717) is 12.5 Å².